The van der Waals surface area contributed by atoms with Crippen LogP contribution in [0.5, 0.6) is 0 Å². The van der Waals surface area contributed by atoms with Gasteiger partial charge in [-0.15, -0.1) is 0 Å². The topological polar surface area (TPSA) is 60.4 Å². The zero-order valence-electron chi connectivity index (χ0n) is 5.97. The normalized spacial score (nSPS) is 15.4. The molecule has 9 heavy (non-hydrogen) atoms. The SMILES string of the molecule is CCC(C)(O)C(=O)[O-].[Na+]. The number of rotatable bonds is 2. The molecule has 0 rings (SSSR count). The van der Waals surface area contributed by atoms with Gasteiger partial charge in [-0.1, -0.05) is 6.92 Å². The first-order valence-corrected chi connectivity index (χ1v) is 2.44. The zero-order chi connectivity index (χ0) is 6.78. The monoisotopic (exact) mass is 140 g/mol. The summed E-state index contributed by atoms with van der Waals surface area (Å²) in [5, 5.41) is 18.6. The van der Waals surface area contributed by atoms with Crippen molar-refractivity contribution in [1.29, 1.82) is 0 Å². The van der Waals surface area contributed by atoms with Crippen LogP contribution in [0.1, 0.15) is 20.3 Å². The Morgan fingerprint density at radius 1 is 1.78 bits per heavy atom. The predicted octanol–water partition coefficient (Wildman–Crippen LogP) is -4.10. The molecule has 0 radical (unpaired) electrons. The summed E-state index contributed by atoms with van der Waals surface area (Å²) in [7, 11) is 0. The number of carboxylic acid groups (broad SMARTS) is 1. The smallest absolute Gasteiger partial charge is 0.547 e. The van der Waals surface area contributed by atoms with Gasteiger partial charge in [-0.2, -0.15) is 0 Å². The summed E-state index contributed by atoms with van der Waals surface area (Å²) in [6, 6.07) is 0. The summed E-state index contributed by atoms with van der Waals surface area (Å²) in [6.45, 7) is 2.79. The van der Waals surface area contributed by atoms with Crippen LogP contribution < -0.4 is 34.7 Å². The number of aliphatic hydroxyl groups is 1. The van der Waals surface area contributed by atoms with Gasteiger partial charge in [-0.3, -0.25) is 0 Å². The van der Waals surface area contributed by atoms with E-state index in [4.69, 9.17) is 5.11 Å². The minimum absolute atomic E-state index is 0. The molecule has 0 aromatic carbocycles. The molecular formula is C5H9NaO3. The van der Waals surface area contributed by atoms with Crippen LogP contribution in [0.2, 0.25) is 0 Å². The minimum atomic E-state index is -1.65. The van der Waals surface area contributed by atoms with Crippen LogP contribution in [0.15, 0.2) is 0 Å². The van der Waals surface area contributed by atoms with E-state index in [1.54, 1.807) is 6.92 Å². The van der Waals surface area contributed by atoms with E-state index in [2.05, 4.69) is 0 Å². The molecule has 4 heteroatoms. The van der Waals surface area contributed by atoms with Crippen molar-refractivity contribution in [3.8, 4) is 0 Å². The van der Waals surface area contributed by atoms with Gasteiger partial charge in [0.25, 0.3) is 0 Å². The Morgan fingerprint density at radius 3 is 2.11 bits per heavy atom. The van der Waals surface area contributed by atoms with Crippen molar-refractivity contribution < 1.29 is 44.6 Å². The molecule has 0 bridgehead atoms. The summed E-state index contributed by atoms with van der Waals surface area (Å²) in [4.78, 5) is 9.89. The summed E-state index contributed by atoms with van der Waals surface area (Å²) >= 11 is 0. The number of hydrogen-bond acceptors (Lipinski definition) is 3. The molecule has 0 aliphatic rings. The number of carbonyl (C=O) groups excluding carboxylic acids is 1. The van der Waals surface area contributed by atoms with Crippen molar-refractivity contribution >= 4 is 5.97 Å². The van der Waals surface area contributed by atoms with E-state index in [9.17, 15) is 9.90 Å². The van der Waals surface area contributed by atoms with Crippen LogP contribution in [0, 0.1) is 0 Å². The van der Waals surface area contributed by atoms with Crippen molar-refractivity contribution in [1.82, 2.24) is 0 Å². The van der Waals surface area contributed by atoms with Gasteiger partial charge in [0.15, 0.2) is 0 Å². The van der Waals surface area contributed by atoms with Gasteiger partial charge in [0, 0.05) is 0 Å². The molecule has 0 amide bonds. The predicted molar refractivity (Wildman–Crippen MR) is 25.9 cm³/mol. The van der Waals surface area contributed by atoms with Crippen LogP contribution in [-0.4, -0.2) is 16.7 Å². The summed E-state index contributed by atoms with van der Waals surface area (Å²) in [5.74, 6) is -1.42. The third-order valence-electron chi connectivity index (χ3n) is 1.13. The van der Waals surface area contributed by atoms with Gasteiger partial charge in [0.2, 0.25) is 0 Å². The molecule has 1 atom stereocenters. The van der Waals surface area contributed by atoms with Crippen LogP contribution in [-0.2, 0) is 4.79 Å². The van der Waals surface area contributed by atoms with Gasteiger partial charge in [-0.25, -0.2) is 0 Å². The molecule has 48 valence electrons. The second-order valence-electron chi connectivity index (χ2n) is 1.91. The van der Waals surface area contributed by atoms with E-state index in [0.717, 1.165) is 0 Å². The van der Waals surface area contributed by atoms with Gasteiger partial charge >= 0.3 is 29.6 Å². The van der Waals surface area contributed by atoms with Gasteiger partial charge in [0.05, 0.1) is 5.97 Å². The molecule has 0 aromatic rings. The molecule has 0 saturated carbocycles. The second-order valence-corrected chi connectivity index (χ2v) is 1.91. The number of hydrogen-bond donors (Lipinski definition) is 1. The van der Waals surface area contributed by atoms with Crippen molar-refractivity contribution in [3.63, 3.8) is 0 Å². The number of carbonyl (C=O) groups is 1. The first-order chi connectivity index (χ1) is 3.50. The van der Waals surface area contributed by atoms with E-state index >= 15 is 0 Å². The Labute approximate surface area is 76.4 Å². The first kappa shape index (κ1) is 12.1. The van der Waals surface area contributed by atoms with Crippen molar-refractivity contribution in [2.75, 3.05) is 0 Å². The minimum Gasteiger partial charge on any atom is -0.547 e. The average molecular weight is 140 g/mol. The third kappa shape index (κ3) is 3.92. The molecule has 1 N–H and O–H groups in total. The zero-order valence-corrected chi connectivity index (χ0v) is 7.97. The summed E-state index contributed by atoms with van der Waals surface area (Å²) in [5.41, 5.74) is -1.65. The molecule has 0 aromatic heterocycles. The molecule has 0 saturated heterocycles. The fourth-order valence-corrected chi connectivity index (χ4v) is 0.144. The first-order valence-electron chi connectivity index (χ1n) is 2.44. The number of aliphatic carboxylic acids is 1. The maximum absolute atomic E-state index is 9.89. The standard InChI is InChI=1S/C5H10O3.Na/c1-3-5(2,8)4(6)7;/h8H,3H2,1-2H3,(H,6,7);/q;+1/p-1. The fourth-order valence-electron chi connectivity index (χ4n) is 0.144. The molecule has 0 heterocycles. The number of carboxylic acids is 1. The Bertz CT molecular complexity index is 100. The Morgan fingerprint density at radius 2 is 2.11 bits per heavy atom. The van der Waals surface area contributed by atoms with Gasteiger partial charge in [0.1, 0.15) is 5.60 Å². The van der Waals surface area contributed by atoms with Gasteiger partial charge < -0.3 is 15.0 Å². The van der Waals surface area contributed by atoms with E-state index in [1.165, 1.54) is 6.92 Å². The summed E-state index contributed by atoms with van der Waals surface area (Å²) in [6.07, 6.45) is 0.176. The third-order valence-corrected chi connectivity index (χ3v) is 1.13. The van der Waals surface area contributed by atoms with E-state index < -0.39 is 11.6 Å². The molecule has 0 fully saturated rings. The quantitative estimate of drug-likeness (QED) is 0.397. The maximum atomic E-state index is 9.89. The maximum Gasteiger partial charge on any atom is 1.00 e. The Hall–Kier alpha value is 0.430. The fraction of sp³-hybridized carbons (Fsp3) is 0.800. The molecule has 0 aliphatic heterocycles. The summed E-state index contributed by atoms with van der Waals surface area (Å²) < 4.78 is 0. The van der Waals surface area contributed by atoms with E-state index in [0.29, 0.717) is 0 Å². The Kier molecular flexibility index (Phi) is 5.77. The van der Waals surface area contributed by atoms with E-state index in [1.807, 2.05) is 0 Å². The van der Waals surface area contributed by atoms with E-state index in [-0.39, 0.29) is 36.0 Å². The molecule has 1 unspecified atom stereocenters. The molecule has 3 nitrogen and oxygen atoms in total. The van der Waals surface area contributed by atoms with Crippen molar-refractivity contribution in [3.05, 3.63) is 0 Å². The molecular weight excluding hydrogens is 131 g/mol. The van der Waals surface area contributed by atoms with Crippen LogP contribution in [0.4, 0.5) is 0 Å². The van der Waals surface area contributed by atoms with Crippen LogP contribution >= 0.6 is 0 Å². The second kappa shape index (κ2) is 4.28. The Balaban J connectivity index is 0. The van der Waals surface area contributed by atoms with Crippen LogP contribution in [0.25, 0.3) is 0 Å². The molecule has 0 aliphatic carbocycles. The average Bonchev–Trinajstić information content (AvgIpc) is 1.67. The van der Waals surface area contributed by atoms with Crippen molar-refractivity contribution in [2.24, 2.45) is 0 Å². The van der Waals surface area contributed by atoms with Crippen molar-refractivity contribution in [2.45, 2.75) is 25.9 Å². The van der Waals surface area contributed by atoms with Crippen LogP contribution in [0.3, 0.4) is 0 Å². The molecule has 0 spiro atoms. The van der Waals surface area contributed by atoms with Gasteiger partial charge in [-0.05, 0) is 13.3 Å². The largest absolute Gasteiger partial charge is 1.00 e.